The van der Waals surface area contributed by atoms with Crippen LogP contribution < -0.4 is 10.1 Å². The Morgan fingerprint density at radius 1 is 1.07 bits per heavy atom. The Hall–Kier alpha value is -3.45. The van der Waals surface area contributed by atoms with Crippen LogP contribution in [0.15, 0.2) is 48.5 Å². The number of fused-ring (bicyclic) bond motifs is 1. The van der Waals surface area contributed by atoms with Gasteiger partial charge in [0.1, 0.15) is 18.2 Å². The number of hydrogen-bond donors (Lipinski definition) is 3. The van der Waals surface area contributed by atoms with Crippen LogP contribution in [0.1, 0.15) is 11.5 Å². The second kappa shape index (κ2) is 7.05. The number of ether oxygens (including phenoxy) is 1. The number of methoxy groups -OCH3 is 1. The Bertz CT molecular complexity index is 1110. The van der Waals surface area contributed by atoms with E-state index in [0.717, 1.165) is 33.5 Å². The first kappa shape index (κ1) is 17.0. The van der Waals surface area contributed by atoms with Gasteiger partial charge in [0.05, 0.1) is 18.0 Å². The number of aryl methyl sites for hydroxylation is 1. The molecule has 0 bridgehead atoms. The fourth-order valence-corrected chi connectivity index (χ4v) is 3.09. The topological polar surface area (TPSA) is 96.0 Å². The lowest BCUT2D eigenvalue weighted by Crippen LogP contribution is -2.03. The average molecular weight is 361 g/mol. The normalized spacial score (nSPS) is 10.9. The minimum atomic E-state index is -0.247. The van der Waals surface area contributed by atoms with Gasteiger partial charge in [-0.05, 0) is 24.6 Å². The van der Waals surface area contributed by atoms with Gasteiger partial charge in [0.25, 0.3) is 0 Å². The number of benzene rings is 2. The molecule has 7 heteroatoms. The van der Waals surface area contributed by atoms with Crippen LogP contribution in [0.2, 0.25) is 0 Å². The van der Waals surface area contributed by atoms with Gasteiger partial charge in [-0.25, -0.2) is 9.97 Å². The average Bonchev–Trinajstić information content (AvgIpc) is 3.11. The van der Waals surface area contributed by atoms with Crippen molar-refractivity contribution >= 4 is 22.5 Å². The number of H-pyrrole nitrogens is 1. The van der Waals surface area contributed by atoms with Crippen molar-refractivity contribution in [3.05, 3.63) is 60.0 Å². The molecule has 0 fully saturated rings. The highest BCUT2D eigenvalue weighted by atomic mass is 16.5. The molecule has 7 nitrogen and oxygen atoms in total. The van der Waals surface area contributed by atoms with Crippen LogP contribution >= 0.6 is 0 Å². The second-order valence-electron chi connectivity index (χ2n) is 6.11. The van der Waals surface area contributed by atoms with Gasteiger partial charge in [0.2, 0.25) is 0 Å². The number of rotatable bonds is 5. The van der Waals surface area contributed by atoms with Crippen molar-refractivity contribution < 1.29 is 9.84 Å². The molecule has 4 aromatic rings. The number of anilines is 2. The first-order valence-electron chi connectivity index (χ1n) is 8.52. The van der Waals surface area contributed by atoms with Crippen LogP contribution in [0.5, 0.6) is 5.75 Å². The van der Waals surface area contributed by atoms with Crippen LogP contribution in [0.25, 0.3) is 22.0 Å². The molecule has 0 aliphatic heterocycles. The SMILES string of the molecule is COc1ccccc1-c1cccc2nc(CO)nc(Nc3cc(C)[nH]n3)c12. The Kier molecular flexibility index (Phi) is 4.43. The molecule has 2 aromatic heterocycles. The Morgan fingerprint density at radius 2 is 1.89 bits per heavy atom. The molecule has 0 saturated heterocycles. The van der Waals surface area contributed by atoms with E-state index in [4.69, 9.17) is 4.74 Å². The monoisotopic (exact) mass is 361 g/mol. The van der Waals surface area contributed by atoms with Gasteiger partial charge in [-0.15, -0.1) is 0 Å². The lowest BCUT2D eigenvalue weighted by Gasteiger charge is -2.14. The van der Waals surface area contributed by atoms with E-state index in [-0.39, 0.29) is 6.61 Å². The number of nitrogens with zero attached hydrogens (tertiary/aromatic N) is 3. The number of para-hydroxylation sites is 1. The maximum Gasteiger partial charge on any atom is 0.156 e. The summed E-state index contributed by atoms with van der Waals surface area (Å²) in [6.45, 7) is 1.68. The van der Waals surface area contributed by atoms with Gasteiger partial charge in [0, 0.05) is 17.3 Å². The van der Waals surface area contributed by atoms with E-state index in [0.29, 0.717) is 17.5 Å². The van der Waals surface area contributed by atoms with Gasteiger partial charge in [-0.1, -0.05) is 30.3 Å². The Labute approximate surface area is 156 Å². The van der Waals surface area contributed by atoms with Crippen molar-refractivity contribution in [2.24, 2.45) is 0 Å². The molecule has 2 aromatic carbocycles. The summed E-state index contributed by atoms with van der Waals surface area (Å²) in [5.74, 6) is 2.33. The van der Waals surface area contributed by atoms with E-state index in [1.807, 2.05) is 55.5 Å². The molecule has 0 aliphatic rings. The number of aromatic nitrogens is 4. The molecule has 136 valence electrons. The summed E-state index contributed by atoms with van der Waals surface area (Å²) in [5.41, 5.74) is 3.53. The fourth-order valence-electron chi connectivity index (χ4n) is 3.09. The molecule has 0 amide bonds. The smallest absolute Gasteiger partial charge is 0.156 e. The van der Waals surface area contributed by atoms with Crippen molar-refractivity contribution in [3.8, 4) is 16.9 Å². The van der Waals surface area contributed by atoms with Crippen molar-refractivity contribution in [1.82, 2.24) is 20.2 Å². The van der Waals surface area contributed by atoms with E-state index < -0.39 is 0 Å². The van der Waals surface area contributed by atoms with E-state index in [1.54, 1.807) is 7.11 Å². The van der Waals surface area contributed by atoms with Gasteiger partial charge in [-0.2, -0.15) is 5.10 Å². The molecule has 0 saturated carbocycles. The number of aromatic amines is 1. The Balaban J connectivity index is 1.97. The van der Waals surface area contributed by atoms with Crippen LogP contribution in [-0.2, 0) is 6.61 Å². The first-order chi connectivity index (χ1) is 13.2. The third kappa shape index (κ3) is 3.20. The molecule has 0 aliphatic carbocycles. The maximum absolute atomic E-state index is 9.57. The molecular weight excluding hydrogens is 342 g/mol. The fraction of sp³-hybridized carbons (Fsp3) is 0.150. The van der Waals surface area contributed by atoms with Crippen molar-refractivity contribution in [2.75, 3.05) is 12.4 Å². The standard InChI is InChI=1S/C20H19N5O2/c1-12-10-17(25-24-12)22-20-19-14(13-6-3-4-9-16(13)27-2)7-5-8-15(19)21-18(11-26)23-20/h3-10,26H,11H2,1-2H3,(H2,21,22,23,24,25). The highest BCUT2D eigenvalue weighted by Crippen LogP contribution is 2.37. The largest absolute Gasteiger partial charge is 0.496 e. The summed E-state index contributed by atoms with van der Waals surface area (Å²) < 4.78 is 5.54. The molecule has 0 unspecified atom stereocenters. The molecule has 3 N–H and O–H groups in total. The quantitative estimate of drug-likeness (QED) is 0.503. The van der Waals surface area contributed by atoms with E-state index in [1.165, 1.54) is 0 Å². The minimum Gasteiger partial charge on any atom is -0.496 e. The molecule has 4 rings (SSSR count). The van der Waals surface area contributed by atoms with Crippen molar-refractivity contribution in [3.63, 3.8) is 0 Å². The van der Waals surface area contributed by atoms with Crippen LogP contribution in [0, 0.1) is 6.92 Å². The van der Waals surface area contributed by atoms with Gasteiger partial charge in [0.15, 0.2) is 11.6 Å². The zero-order chi connectivity index (χ0) is 18.8. The molecule has 0 spiro atoms. The Morgan fingerprint density at radius 3 is 2.63 bits per heavy atom. The lowest BCUT2D eigenvalue weighted by atomic mass is 9.99. The summed E-state index contributed by atoms with van der Waals surface area (Å²) >= 11 is 0. The van der Waals surface area contributed by atoms with Gasteiger partial charge >= 0.3 is 0 Å². The van der Waals surface area contributed by atoms with E-state index in [9.17, 15) is 5.11 Å². The summed E-state index contributed by atoms with van der Waals surface area (Å²) in [4.78, 5) is 8.97. The summed E-state index contributed by atoms with van der Waals surface area (Å²) in [5, 5.41) is 20.8. The second-order valence-corrected chi connectivity index (χ2v) is 6.11. The number of hydrogen-bond acceptors (Lipinski definition) is 6. The van der Waals surface area contributed by atoms with Gasteiger partial charge in [-0.3, -0.25) is 5.10 Å². The van der Waals surface area contributed by atoms with Gasteiger partial charge < -0.3 is 15.2 Å². The molecule has 0 atom stereocenters. The lowest BCUT2D eigenvalue weighted by molar-refractivity contribution is 0.272. The first-order valence-corrected chi connectivity index (χ1v) is 8.52. The molecule has 27 heavy (non-hydrogen) atoms. The molecule has 2 heterocycles. The summed E-state index contributed by atoms with van der Waals surface area (Å²) in [6.07, 6.45) is 0. The maximum atomic E-state index is 9.57. The van der Waals surface area contributed by atoms with Crippen LogP contribution in [0.3, 0.4) is 0 Å². The molecular formula is C20H19N5O2. The highest BCUT2D eigenvalue weighted by molar-refractivity contribution is 6.03. The van der Waals surface area contributed by atoms with Crippen LogP contribution in [0.4, 0.5) is 11.6 Å². The molecule has 0 radical (unpaired) electrons. The van der Waals surface area contributed by atoms with Crippen molar-refractivity contribution in [2.45, 2.75) is 13.5 Å². The van der Waals surface area contributed by atoms with Crippen molar-refractivity contribution in [1.29, 1.82) is 0 Å². The third-order valence-electron chi connectivity index (χ3n) is 4.26. The minimum absolute atomic E-state index is 0.247. The zero-order valence-corrected chi connectivity index (χ0v) is 15.0. The summed E-state index contributed by atoms with van der Waals surface area (Å²) in [7, 11) is 1.65. The number of aliphatic hydroxyl groups is 1. The predicted octanol–water partition coefficient (Wildman–Crippen LogP) is 3.57. The number of aliphatic hydroxyl groups excluding tert-OH is 1. The zero-order valence-electron chi connectivity index (χ0n) is 15.0. The predicted molar refractivity (Wildman–Crippen MR) is 104 cm³/mol. The highest BCUT2D eigenvalue weighted by Gasteiger charge is 2.16. The summed E-state index contributed by atoms with van der Waals surface area (Å²) in [6, 6.07) is 15.5. The van der Waals surface area contributed by atoms with E-state index in [2.05, 4.69) is 25.5 Å². The third-order valence-corrected chi connectivity index (χ3v) is 4.26. The number of nitrogens with one attached hydrogen (secondary N) is 2. The van der Waals surface area contributed by atoms with E-state index >= 15 is 0 Å². The van der Waals surface area contributed by atoms with Crippen LogP contribution in [-0.4, -0.2) is 32.4 Å².